The monoisotopic (exact) mass is 290 g/mol. The second kappa shape index (κ2) is 7.31. The van der Waals surface area contributed by atoms with Gasteiger partial charge < -0.3 is 16.4 Å². The lowest BCUT2D eigenvalue weighted by molar-refractivity contribution is 0.0963. The zero-order valence-electron chi connectivity index (χ0n) is 13.0. The van der Waals surface area contributed by atoms with E-state index in [4.69, 9.17) is 5.73 Å². The molecule has 0 spiro atoms. The molecule has 1 aromatic carbocycles. The average Bonchev–Trinajstić information content (AvgIpc) is 2.53. The number of likely N-dealkylation sites (tertiary alicyclic amines) is 1. The number of nitrogens with zero attached hydrogens (tertiary/aromatic N) is 1. The Kier molecular flexibility index (Phi) is 5.44. The highest BCUT2D eigenvalue weighted by Gasteiger charge is 2.16. The first-order chi connectivity index (χ1) is 10.1. The van der Waals surface area contributed by atoms with E-state index in [1.807, 2.05) is 6.07 Å². The molecule has 116 valence electrons. The molecule has 0 aromatic heterocycles. The minimum absolute atomic E-state index is 0.116. The summed E-state index contributed by atoms with van der Waals surface area (Å²) in [5.41, 5.74) is 8.12. The molecule has 4 N–H and O–H groups in total. The molecule has 0 radical (unpaired) electrons. The number of amides is 1. The van der Waals surface area contributed by atoms with Crippen molar-refractivity contribution in [1.29, 1.82) is 0 Å². The fraction of sp³-hybridized carbons (Fsp3) is 0.562. The van der Waals surface area contributed by atoms with Crippen LogP contribution in [0.2, 0.25) is 0 Å². The predicted octanol–water partition coefficient (Wildman–Crippen LogP) is 1.91. The molecule has 5 nitrogen and oxygen atoms in total. The van der Waals surface area contributed by atoms with Gasteiger partial charge in [0.2, 0.25) is 0 Å². The van der Waals surface area contributed by atoms with Crippen LogP contribution in [0.4, 0.5) is 11.4 Å². The number of hydrogen-bond donors (Lipinski definition) is 3. The van der Waals surface area contributed by atoms with Crippen molar-refractivity contribution < 1.29 is 4.79 Å². The zero-order valence-corrected chi connectivity index (χ0v) is 13.0. The molecule has 1 atom stereocenters. The molecular formula is C16H26N4O. The van der Waals surface area contributed by atoms with Gasteiger partial charge in [-0.15, -0.1) is 0 Å². The SMILES string of the molecule is CNC(=O)c1ccc(NCC(C)N2CCCCC2)c(N)c1. The van der Waals surface area contributed by atoms with E-state index in [1.54, 1.807) is 19.2 Å². The summed E-state index contributed by atoms with van der Waals surface area (Å²) in [6.45, 7) is 5.48. The Morgan fingerprint density at radius 3 is 2.67 bits per heavy atom. The quantitative estimate of drug-likeness (QED) is 0.725. The lowest BCUT2D eigenvalue weighted by Crippen LogP contribution is -2.41. The lowest BCUT2D eigenvalue weighted by Gasteiger charge is -2.32. The van der Waals surface area contributed by atoms with Gasteiger partial charge in [0.15, 0.2) is 0 Å². The third-order valence-corrected chi connectivity index (χ3v) is 4.14. The Balaban J connectivity index is 1.92. The van der Waals surface area contributed by atoms with Crippen LogP contribution in [0.15, 0.2) is 18.2 Å². The van der Waals surface area contributed by atoms with E-state index in [0.29, 0.717) is 17.3 Å². The van der Waals surface area contributed by atoms with Crippen molar-refractivity contribution in [3.8, 4) is 0 Å². The maximum absolute atomic E-state index is 11.6. The maximum Gasteiger partial charge on any atom is 0.251 e. The molecule has 1 aromatic rings. The largest absolute Gasteiger partial charge is 0.397 e. The summed E-state index contributed by atoms with van der Waals surface area (Å²) in [6, 6.07) is 5.88. The molecule has 0 aliphatic carbocycles. The number of nitrogens with two attached hydrogens (primary N) is 1. The summed E-state index contributed by atoms with van der Waals surface area (Å²) in [4.78, 5) is 14.1. The molecular weight excluding hydrogens is 264 g/mol. The second-order valence-corrected chi connectivity index (χ2v) is 5.71. The zero-order chi connectivity index (χ0) is 15.2. The minimum Gasteiger partial charge on any atom is -0.397 e. The van der Waals surface area contributed by atoms with Gasteiger partial charge in [0, 0.05) is 25.2 Å². The maximum atomic E-state index is 11.6. The summed E-state index contributed by atoms with van der Waals surface area (Å²) < 4.78 is 0. The molecule has 1 fully saturated rings. The summed E-state index contributed by atoms with van der Waals surface area (Å²) in [5, 5.41) is 6.00. The van der Waals surface area contributed by atoms with E-state index in [0.717, 1.165) is 12.2 Å². The second-order valence-electron chi connectivity index (χ2n) is 5.71. The molecule has 21 heavy (non-hydrogen) atoms. The van der Waals surface area contributed by atoms with Gasteiger partial charge in [0.05, 0.1) is 11.4 Å². The van der Waals surface area contributed by atoms with E-state index in [2.05, 4.69) is 22.5 Å². The molecule has 2 rings (SSSR count). The predicted molar refractivity (Wildman–Crippen MR) is 87.6 cm³/mol. The minimum atomic E-state index is -0.116. The van der Waals surface area contributed by atoms with Crippen LogP contribution in [0.1, 0.15) is 36.5 Å². The summed E-state index contributed by atoms with van der Waals surface area (Å²) in [7, 11) is 1.62. The van der Waals surface area contributed by atoms with Crippen LogP contribution in [0, 0.1) is 0 Å². The molecule has 0 saturated carbocycles. The average molecular weight is 290 g/mol. The Hall–Kier alpha value is -1.75. The number of carbonyl (C=O) groups is 1. The molecule has 1 aliphatic heterocycles. The van der Waals surface area contributed by atoms with Crippen LogP contribution in [0.25, 0.3) is 0 Å². The van der Waals surface area contributed by atoms with Gasteiger partial charge in [0.1, 0.15) is 0 Å². The normalized spacial score (nSPS) is 17.2. The van der Waals surface area contributed by atoms with Gasteiger partial charge in [-0.05, 0) is 51.1 Å². The van der Waals surface area contributed by atoms with Crippen molar-refractivity contribution in [1.82, 2.24) is 10.2 Å². The first kappa shape index (κ1) is 15.6. The van der Waals surface area contributed by atoms with E-state index in [-0.39, 0.29) is 5.91 Å². The molecule has 5 heteroatoms. The number of anilines is 2. The highest BCUT2D eigenvalue weighted by Crippen LogP contribution is 2.20. The molecule has 1 saturated heterocycles. The first-order valence-corrected chi connectivity index (χ1v) is 7.71. The Labute approximate surface area is 126 Å². The Bertz CT molecular complexity index is 483. The number of hydrogen-bond acceptors (Lipinski definition) is 4. The Morgan fingerprint density at radius 1 is 1.33 bits per heavy atom. The summed E-state index contributed by atoms with van der Waals surface area (Å²) in [6.07, 6.45) is 3.95. The molecule has 1 unspecified atom stereocenters. The lowest BCUT2D eigenvalue weighted by atomic mass is 10.1. The number of benzene rings is 1. The summed E-state index contributed by atoms with van der Waals surface area (Å²) in [5.74, 6) is -0.116. The van der Waals surface area contributed by atoms with Crippen LogP contribution in [-0.4, -0.2) is 43.5 Å². The van der Waals surface area contributed by atoms with Gasteiger partial charge in [-0.3, -0.25) is 9.69 Å². The number of nitrogen functional groups attached to an aromatic ring is 1. The van der Waals surface area contributed by atoms with Gasteiger partial charge >= 0.3 is 0 Å². The molecule has 1 heterocycles. The van der Waals surface area contributed by atoms with Crippen LogP contribution in [0.5, 0.6) is 0 Å². The first-order valence-electron chi connectivity index (χ1n) is 7.71. The summed E-state index contributed by atoms with van der Waals surface area (Å²) >= 11 is 0. The van der Waals surface area contributed by atoms with E-state index in [1.165, 1.54) is 32.4 Å². The van der Waals surface area contributed by atoms with E-state index < -0.39 is 0 Å². The standard InChI is InChI=1S/C16H26N4O/c1-12(20-8-4-3-5-9-20)11-19-15-7-6-13(10-14(15)17)16(21)18-2/h6-7,10,12,19H,3-5,8-9,11,17H2,1-2H3,(H,18,21). The highest BCUT2D eigenvalue weighted by molar-refractivity contribution is 5.95. The molecule has 1 aliphatic rings. The van der Waals surface area contributed by atoms with Crippen LogP contribution < -0.4 is 16.4 Å². The third kappa shape index (κ3) is 4.11. The van der Waals surface area contributed by atoms with Gasteiger partial charge in [-0.1, -0.05) is 6.42 Å². The van der Waals surface area contributed by atoms with Crippen molar-refractivity contribution in [2.45, 2.75) is 32.2 Å². The van der Waals surface area contributed by atoms with E-state index >= 15 is 0 Å². The Morgan fingerprint density at radius 2 is 2.05 bits per heavy atom. The van der Waals surface area contributed by atoms with Gasteiger partial charge in [-0.2, -0.15) is 0 Å². The molecule has 1 amide bonds. The number of nitrogens with one attached hydrogen (secondary N) is 2. The molecule has 0 bridgehead atoms. The van der Waals surface area contributed by atoms with Crippen molar-refractivity contribution in [2.24, 2.45) is 0 Å². The fourth-order valence-electron chi connectivity index (χ4n) is 2.76. The van der Waals surface area contributed by atoms with Crippen molar-refractivity contribution in [3.05, 3.63) is 23.8 Å². The fourth-order valence-corrected chi connectivity index (χ4v) is 2.76. The van der Waals surface area contributed by atoms with Crippen molar-refractivity contribution in [2.75, 3.05) is 37.7 Å². The third-order valence-electron chi connectivity index (χ3n) is 4.14. The van der Waals surface area contributed by atoms with Gasteiger partial charge in [0.25, 0.3) is 5.91 Å². The van der Waals surface area contributed by atoms with Crippen LogP contribution >= 0.6 is 0 Å². The number of piperidine rings is 1. The van der Waals surface area contributed by atoms with Gasteiger partial charge in [-0.25, -0.2) is 0 Å². The highest BCUT2D eigenvalue weighted by atomic mass is 16.1. The van der Waals surface area contributed by atoms with Crippen LogP contribution in [-0.2, 0) is 0 Å². The smallest absolute Gasteiger partial charge is 0.251 e. The van der Waals surface area contributed by atoms with E-state index in [9.17, 15) is 4.79 Å². The number of carbonyl (C=O) groups excluding carboxylic acids is 1. The van der Waals surface area contributed by atoms with Crippen molar-refractivity contribution in [3.63, 3.8) is 0 Å². The van der Waals surface area contributed by atoms with Crippen molar-refractivity contribution >= 4 is 17.3 Å². The van der Waals surface area contributed by atoms with Crippen LogP contribution in [0.3, 0.4) is 0 Å². The topological polar surface area (TPSA) is 70.4 Å². The number of rotatable bonds is 5.